The van der Waals surface area contributed by atoms with Gasteiger partial charge in [0.25, 0.3) is 5.91 Å². The third-order valence-corrected chi connectivity index (χ3v) is 5.27. The van der Waals surface area contributed by atoms with E-state index in [0.29, 0.717) is 36.3 Å². The third-order valence-electron chi connectivity index (χ3n) is 5.27. The molecule has 1 atom stereocenters. The van der Waals surface area contributed by atoms with E-state index in [1.54, 1.807) is 27.8 Å². The van der Waals surface area contributed by atoms with Gasteiger partial charge in [-0.2, -0.15) is 0 Å². The molecule has 0 aliphatic carbocycles. The summed E-state index contributed by atoms with van der Waals surface area (Å²) in [6.45, 7) is 4.07. The number of hydrogen-bond acceptors (Lipinski definition) is 5. The van der Waals surface area contributed by atoms with Crippen LogP contribution >= 0.6 is 0 Å². The summed E-state index contributed by atoms with van der Waals surface area (Å²) >= 11 is 0. The highest BCUT2D eigenvalue weighted by molar-refractivity contribution is 5.95. The van der Waals surface area contributed by atoms with E-state index < -0.39 is 12.1 Å². The number of rotatable bonds is 5. The SMILES string of the molecule is CCn1nnc2cc(C(=O)O[C@H](C(=O)N3CCCCC3)c3ccccc3)ccc21. The minimum atomic E-state index is -0.955. The van der Waals surface area contributed by atoms with Gasteiger partial charge in [0, 0.05) is 25.2 Å². The molecule has 0 spiro atoms. The lowest BCUT2D eigenvalue weighted by molar-refractivity contribution is -0.142. The second-order valence-corrected chi connectivity index (χ2v) is 7.19. The summed E-state index contributed by atoms with van der Waals surface area (Å²) in [6.07, 6.45) is 2.12. The van der Waals surface area contributed by atoms with E-state index in [4.69, 9.17) is 4.74 Å². The largest absolute Gasteiger partial charge is 0.444 e. The van der Waals surface area contributed by atoms with Crippen LogP contribution in [0.5, 0.6) is 0 Å². The average molecular weight is 392 g/mol. The molecule has 1 amide bonds. The first-order chi connectivity index (χ1) is 14.2. The molecule has 1 saturated heterocycles. The van der Waals surface area contributed by atoms with Gasteiger partial charge in [0.2, 0.25) is 6.10 Å². The zero-order chi connectivity index (χ0) is 20.2. The van der Waals surface area contributed by atoms with E-state index in [1.165, 1.54) is 0 Å². The number of aryl methyl sites for hydroxylation is 1. The number of aromatic nitrogens is 3. The standard InChI is InChI=1S/C22H24N4O3/c1-2-26-19-12-11-17(15-18(19)23-24-26)22(28)29-20(16-9-5-3-6-10-16)21(27)25-13-7-4-8-14-25/h3,5-6,9-12,15,20H,2,4,7-8,13-14H2,1H3/t20-/m0/s1. The monoisotopic (exact) mass is 392 g/mol. The topological polar surface area (TPSA) is 77.3 Å². The molecule has 0 bridgehead atoms. The highest BCUT2D eigenvalue weighted by Crippen LogP contribution is 2.24. The smallest absolute Gasteiger partial charge is 0.339 e. The van der Waals surface area contributed by atoms with E-state index in [2.05, 4.69) is 10.3 Å². The zero-order valence-corrected chi connectivity index (χ0v) is 16.5. The Bertz CT molecular complexity index is 1010. The van der Waals surface area contributed by atoms with Crippen LogP contribution in [-0.2, 0) is 16.1 Å². The van der Waals surface area contributed by atoms with Crippen LogP contribution < -0.4 is 0 Å². The van der Waals surface area contributed by atoms with Gasteiger partial charge in [-0.15, -0.1) is 5.10 Å². The van der Waals surface area contributed by atoms with Gasteiger partial charge >= 0.3 is 5.97 Å². The molecule has 7 heteroatoms. The maximum atomic E-state index is 13.1. The lowest BCUT2D eigenvalue weighted by atomic mass is 10.1. The van der Waals surface area contributed by atoms with Crippen LogP contribution in [0, 0.1) is 0 Å². The van der Waals surface area contributed by atoms with Crippen LogP contribution in [0.1, 0.15) is 48.2 Å². The van der Waals surface area contributed by atoms with Crippen LogP contribution in [0.3, 0.4) is 0 Å². The fourth-order valence-electron chi connectivity index (χ4n) is 3.68. The first-order valence-electron chi connectivity index (χ1n) is 10.1. The molecule has 4 rings (SSSR count). The molecule has 29 heavy (non-hydrogen) atoms. The highest BCUT2D eigenvalue weighted by Gasteiger charge is 2.30. The molecular formula is C22H24N4O3. The Morgan fingerprint density at radius 3 is 2.55 bits per heavy atom. The van der Waals surface area contributed by atoms with Gasteiger partial charge in [-0.3, -0.25) is 4.79 Å². The van der Waals surface area contributed by atoms with E-state index in [9.17, 15) is 9.59 Å². The molecule has 7 nitrogen and oxygen atoms in total. The summed E-state index contributed by atoms with van der Waals surface area (Å²) in [7, 11) is 0. The van der Waals surface area contributed by atoms with E-state index in [1.807, 2.05) is 37.3 Å². The molecule has 2 heterocycles. The maximum Gasteiger partial charge on any atom is 0.339 e. The van der Waals surface area contributed by atoms with Crippen molar-refractivity contribution in [2.24, 2.45) is 0 Å². The summed E-state index contributed by atoms with van der Waals surface area (Å²) in [4.78, 5) is 27.8. The molecule has 0 saturated carbocycles. The first-order valence-corrected chi connectivity index (χ1v) is 10.1. The predicted molar refractivity (Wildman–Crippen MR) is 108 cm³/mol. The Morgan fingerprint density at radius 2 is 1.83 bits per heavy atom. The molecule has 3 aromatic rings. The maximum absolute atomic E-state index is 13.1. The van der Waals surface area contributed by atoms with Gasteiger partial charge in [-0.05, 0) is 44.4 Å². The molecule has 150 valence electrons. The number of hydrogen-bond donors (Lipinski definition) is 0. The lowest BCUT2D eigenvalue weighted by Gasteiger charge is -2.30. The molecule has 2 aromatic carbocycles. The molecule has 0 radical (unpaired) electrons. The number of amides is 1. The molecule has 1 aromatic heterocycles. The Labute approximate surface area is 169 Å². The van der Waals surface area contributed by atoms with Crippen LogP contribution in [0.25, 0.3) is 11.0 Å². The number of carbonyl (C=O) groups excluding carboxylic acids is 2. The fraction of sp³-hybridized carbons (Fsp3) is 0.364. The molecule has 1 fully saturated rings. The van der Waals surface area contributed by atoms with E-state index >= 15 is 0 Å². The van der Waals surface area contributed by atoms with Gasteiger partial charge in [0.1, 0.15) is 5.52 Å². The Balaban J connectivity index is 1.59. The fourth-order valence-corrected chi connectivity index (χ4v) is 3.68. The van der Waals surface area contributed by atoms with Crippen molar-refractivity contribution in [3.8, 4) is 0 Å². The van der Waals surface area contributed by atoms with E-state index in [-0.39, 0.29) is 5.91 Å². The van der Waals surface area contributed by atoms with Crippen molar-refractivity contribution >= 4 is 22.9 Å². The van der Waals surface area contributed by atoms with Crippen LogP contribution in [0.4, 0.5) is 0 Å². The molecular weight excluding hydrogens is 368 g/mol. The molecule has 0 unspecified atom stereocenters. The van der Waals surface area contributed by atoms with Crippen molar-refractivity contribution in [1.82, 2.24) is 19.9 Å². The van der Waals surface area contributed by atoms with Crippen molar-refractivity contribution in [3.63, 3.8) is 0 Å². The number of nitrogens with zero attached hydrogens (tertiary/aromatic N) is 4. The Morgan fingerprint density at radius 1 is 1.07 bits per heavy atom. The van der Waals surface area contributed by atoms with Gasteiger partial charge < -0.3 is 9.64 Å². The highest BCUT2D eigenvalue weighted by atomic mass is 16.5. The number of carbonyl (C=O) groups is 2. The number of likely N-dealkylation sites (tertiary alicyclic amines) is 1. The minimum absolute atomic E-state index is 0.165. The van der Waals surface area contributed by atoms with Crippen molar-refractivity contribution in [1.29, 1.82) is 0 Å². The second-order valence-electron chi connectivity index (χ2n) is 7.19. The van der Waals surface area contributed by atoms with Crippen molar-refractivity contribution in [3.05, 3.63) is 59.7 Å². The van der Waals surface area contributed by atoms with Gasteiger partial charge in [0.15, 0.2) is 0 Å². The normalized spacial score (nSPS) is 15.3. The second kappa shape index (κ2) is 8.43. The van der Waals surface area contributed by atoms with Crippen molar-refractivity contribution in [2.45, 2.75) is 38.8 Å². The first kappa shape index (κ1) is 19.1. The van der Waals surface area contributed by atoms with Gasteiger partial charge in [0.05, 0.1) is 11.1 Å². The van der Waals surface area contributed by atoms with Gasteiger partial charge in [-0.1, -0.05) is 35.5 Å². The van der Waals surface area contributed by atoms with Crippen LogP contribution in [0.15, 0.2) is 48.5 Å². The number of esters is 1. The summed E-state index contributed by atoms with van der Waals surface area (Å²) in [5.74, 6) is -0.709. The number of ether oxygens (including phenoxy) is 1. The molecule has 1 aliphatic heterocycles. The summed E-state index contributed by atoms with van der Waals surface area (Å²) in [5.41, 5.74) is 2.51. The summed E-state index contributed by atoms with van der Waals surface area (Å²) < 4.78 is 7.50. The van der Waals surface area contributed by atoms with Crippen molar-refractivity contribution < 1.29 is 14.3 Å². The van der Waals surface area contributed by atoms with Crippen LogP contribution in [0.2, 0.25) is 0 Å². The Hall–Kier alpha value is -3.22. The number of benzene rings is 2. The summed E-state index contributed by atoms with van der Waals surface area (Å²) in [5, 5.41) is 8.17. The van der Waals surface area contributed by atoms with E-state index in [0.717, 1.165) is 24.8 Å². The lowest BCUT2D eigenvalue weighted by Crippen LogP contribution is -2.40. The zero-order valence-electron chi connectivity index (χ0n) is 16.5. The predicted octanol–water partition coefficient (Wildman–Crippen LogP) is 3.36. The minimum Gasteiger partial charge on any atom is -0.444 e. The van der Waals surface area contributed by atoms with Crippen molar-refractivity contribution in [2.75, 3.05) is 13.1 Å². The van der Waals surface area contributed by atoms with Gasteiger partial charge in [-0.25, -0.2) is 9.48 Å². The molecule has 0 N–H and O–H groups in total. The summed E-state index contributed by atoms with van der Waals surface area (Å²) in [6, 6.07) is 14.3. The van der Waals surface area contributed by atoms with Crippen LogP contribution in [-0.4, -0.2) is 44.9 Å². The quantitative estimate of drug-likeness (QED) is 0.622. The Kier molecular flexibility index (Phi) is 5.55. The average Bonchev–Trinajstić information content (AvgIpc) is 3.20. The number of piperidine rings is 1. The molecule has 1 aliphatic rings. The number of fused-ring (bicyclic) bond motifs is 1. The third kappa shape index (κ3) is 3.99.